The van der Waals surface area contributed by atoms with Crippen LogP contribution in [-0.4, -0.2) is 96.7 Å². The minimum Gasteiger partial charge on any atom is -0.462 e. The van der Waals surface area contributed by atoms with Crippen LogP contribution in [0.3, 0.4) is 0 Å². The number of carbonyl (C=O) groups is 4. The smallest absolute Gasteiger partial charge is 0.462 e. The van der Waals surface area contributed by atoms with Crippen LogP contribution in [-0.2, 0) is 65.4 Å². The van der Waals surface area contributed by atoms with Crippen molar-refractivity contribution in [2.45, 2.75) is 329 Å². The predicted molar refractivity (Wildman–Crippen MR) is 445 cm³/mol. The maximum Gasteiger partial charge on any atom is 0.472 e. The largest absolute Gasteiger partial charge is 0.472 e. The highest BCUT2D eigenvalue weighted by Gasteiger charge is 2.30. The Morgan fingerprint density at radius 3 is 0.833 bits per heavy atom. The highest BCUT2D eigenvalue weighted by molar-refractivity contribution is 7.47. The number of aliphatic hydroxyl groups is 1. The van der Waals surface area contributed by atoms with Gasteiger partial charge in [0.15, 0.2) is 12.2 Å². The molecule has 0 aliphatic rings. The zero-order valence-electron chi connectivity index (χ0n) is 67.2. The summed E-state index contributed by atoms with van der Waals surface area (Å²) < 4.78 is 68.6. The summed E-state index contributed by atoms with van der Waals surface area (Å²) in [5, 5.41) is 10.7. The molecule has 0 radical (unpaired) electrons. The summed E-state index contributed by atoms with van der Waals surface area (Å²) in [5.74, 6) is -2.38. The third kappa shape index (κ3) is 78.5. The molecule has 0 aliphatic carbocycles. The van der Waals surface area contributed by atoms with Crippen molar-refractivity contribution in [3.8, 4) is 0 Å². The minimum absolute atomic E-state index is 0.0828. The van der Waals surface area contributed by atoms with Gasteiger partial charge in [-0.1, -0.05) is 320 Å². The Hall–Kier alpha value is -5.58. The standard InChI is InChI=1S/C89H146O17P2/c1-5-9-13-17-21-25-29-33-37-39-41-43-47-49-53-57-61-65-69-73-86(91)99-79-84(105-88(93)75-71-67-63-59-55-51-45-35-31-27-23-19-15-11-7-3)81-103-107(95,96)101-77-83(90)78-102-108(97,98)104-82-85(106-89(94)76-72-68-64-60-56-52-46-36-32-28-24-20-16-12-8-4)80-100-87(92)74-70-66-62-58-54-50-48-44-42-40-38-34-30-26-22-18-14-10-6-2/h9-11,13-15,21-23,25-27,33-35,37-38,41-45,50,54-55,59,67,71,83-85,90H,5-8,12,16-20,24,28-32,36,39-40,46-49,51-53,56-58,60-66,68-70,72-82H2,1-4H3,(H,95,96)(H,97,98)/b13-9-,14-10-,15-11-,25-21-,26-22-,27-23-,37-33-,38-34-,43-41-,44-42-,45-35-,54-50-,59-55-,71-67-. The predicted octanol–water partition coefficient (Wildman–Crippen LogP) is 24.6. The monoisotopic (exact) mass is 1550 g/mol. The van der Waals surface area contributed by atoms with Gasteiger partial charge < -0.3 is 33.8 Å². The summed E-state index contributed by atoms with van der Waals surface area (Å²) in [6.07, 6.45) is 95.0. The fourth-order valence-corrected chi connectivity index (χ4v) is 12.1. The van der Waals surface area contributed by atoms with Crippen LogP contribution in [0.1, 0.15) is 310 Å². The Bertz CT molecular complexity index is 2710. The van der Waals surface area contributed by atoms with Gasteiger partial charge in [-0.3, -0.25) is 37.3 Å². The molecule has 0 bridgehead atoms. The maximum atomic E-state index is 13.1. The van der Waals surface area contributed by atoms with Crippen LogP contribution in [0.5, 0.6) is 0 Å². The molecule has 19 heteroatoms. The summed E-state index contributed by atoms with van der Waals surface area (Å²) in [6, 6.07) is 0. The molecule has 108 heavy (non-hydrogen) atoms. The van der Waals surface area contributed by atoms with E-state index in [9.17, 15) is 43.2 Å². The van der Waals surface area contributed by atoms with Gasteiger partial charge in [0.05, 0.1) is 32.8 Å². The fraction of sp³-hybridized carbons (Fsp3) is 0.640. The third-order valence-electron chi connectivity index (χ3n) is 16.7. The molecule has 0 spiro atoms. The Labute approximate surface area is 654 Å². The van der Waals surface area contributed by atoms with Gasteiger partial charge in [0.1, 0.15) is 19.3 Å². The van der Waals surface area contributed by atoms with Gasteiger partial charge in [-0.15, -0.1) is 0 Å². The van der Waals surface area contributed by atoms with Crippen molar-refractivity contribution in [2.75, 3.05) is 39.6 Å². The van der Waals surface area contributed by atoms with E-state index < -0.39 is 97.5 Å². The lowest BCUT2D eigenvalue weighted by molar-refractivity contribution is -0.161. The normalized spacial score (nSPS) is 14.7. The van der Waals surface area contributed by atoms with Gasteiger partial charge in [0.25, 0.3) is 0 Å². The van der Waals surface area contributed by atoms with Crippen molar-refractivity contribution in [1.29, 1.82) is 0 Å². The molecule has 5 unspecified atom stereocenters. The lowest BCUT2D eigenvalue weighted by Crippen LogP contribution is -2.30. The van der Waals surface area contributed by atoms with Crippen LogP contribution >= 0.6 is 15.6 Å². The average molecular weight is 1550 g/mol. The first-order valence-electron chi connectivity index (χ1n) is 41.4. The van der Waals surface area contributed by atoms with Crippen LogP contribution in [0.15, 0.2) is 170 Å². The Balaban J connectivity index is 5.47. The van der Waals surface area contributed by atoms with Crippen molar-refractivity contribution in [3.63, 3.8) is 0 Å². The molecule has 3 N–H and O–H groups in total. The van der Waals surface area contributed by atoms with E-state index in [1.807, 2.05) is 12.2 Å². The quantitative estimate of drug-likeness (QED) is 0.0169. The van der Waals surface area contributed by atoms with E-state index in [0.29, 0.717) is 25.7 Å². The number of unbranched alkanes of at least 4 members (excludes halogenated alkanes) is 23. The van der Waals surface area contributed by atoms with Crippen molar-refractivity contribution in [3.05, 3.63) is 170 Å². The van der Waals surface area contributed by atoms with Crippen molar-refractivity contribution < 1.29 is 80.2 Å². The summed E-state index contributed by atoms with van der Waals surface area (Å²) in [5.41, 5.74) is 0. The highest BCUT2D eigenvalue weighted by Crippen LogP contribution is 2.45. The lowest BCUT2D eigenvalue weighted by atomic mass is 10.0. The fourth-order valence-electron chi connectivity index (χ4n) is 10.5. The van der Waals surface area contributed by atoms with Gasteiger partial charge in [0.2, 0.25) is 0 Å². The van der Waals surface area contributed by atoms with Crippen LogP contribution in [0.25, 0.3) is 0 Å². The number of phosphoric acid groups is 2. The molecule has 0 saturated carbocycles. The van der Waals surface area contributed by atoms with Gasteiger partial charge >= 0.3 is 39.5 Å². The zero-order valence-corrected chi connectivity index (χ0v) is 69.0. The number of phosphoric ester groups is 2. The summed E-state index contributed by atoms with van der Waals surface area (Å²) in [6.45, 7) is 4.38. The van der Waals surface area contributed by atoms with Gasteiger partial charge in [-0.05, 0) is 135 Å². The number of aliphatic hydroxyl groups excluding tert-OH is 1. The molecular formula is C89H146O17P2. The first-order chi connectivity index (χ1) is 52.7. The molecule has 5 atom stereocenters. The van der Waals surface area contributed by atoms with Crippen molar-refractivity contribution >= 4 is 39.5 Å². The van der Waals surface area contributed by atoms with E-state index in [-0.39, 0.29) is 25.7 Å². The van der Waals surface area contributed by atoms with Crippen molar-refractivity contribution in [2.24, 2.45) is 0 Å². The van der Waals surface area contributed by atoms with E-state index in [1.165, 1.54) is 64.2 Å². The molecule has 0 aromatic rings. The summed E-state index contributed by atoms with van der Waals surface area (Å²) in [4.78, 5) is 73.1. The molecule has 0 aliphatic heterocycles. The molecule has 0 rings (SSSR count). The number of carbonyl (C=O) groups excluding carboxylic acids is 4. The molecule has 0 fully saturated rings. The Morgan fingerprint density at radius 2 is 0.519 bits per heavy atom. The first-order valence-corrected chi connectivity index (χ1v) is 44.4. The van der Waals surface area contributed by atoms with Gasteiger partial charge in [0, 0.05) is 19.3 Å². The third-order valence-corrected chi connectivity index (χ3v) is 18.6. The SMILES string of the molecule is CC/C=C\C/C=C\C/C=C\C/C=C\C/C=C\CCCCCC(=O)OCC(COP(=O)(O)OCC(O)COP(=O)(O)OCC(COC(=O)CCCCCCCC/C=C\C/C=C\C/C=C\C/C=C\CC)OC(=O)C/C=C\C/C=C\C/C=C\C/C=C\C/C=C\CC)OC(=O)CCCCCCCCCCCCCCCCC. The number of esters is 4. The average Bonchev–Trinajstić information content (AvgIpc) is 0.923. The minimum atomic E-state index is -5.02. The second-order valence-electron chi connectivity index (χ2n) is 26.9. The van der Waals surface area contributed by atoms with E-state index in [0.717, 1.165) is 167 Å². The van der Waals surface area contributed by atoms with Crippen LogP contribution < -0.4 is 0 Å². The summed E-state index contributed by atoms with van der Waals surface area (Å²) >= 11 is 0. The molecular weight excluding hydrogens is 1400 g/mol. The van der Waals surface area contributed by atoms with Crippen LogP contribution in [0.4, 0.5) is 0 Å². The molecule has 614 valence electrons. The van der Waals surface area contributed by atoms with Gasteiger partial charge in [-0.2, -0.15) is 0 Å². The van der Waals surface area contributed by atoms with E-state index >= 15 is 0 Å². The second-order valence-corrected chi connectivity index (χ2v) is 29.9. The molecule has 17 nitrogen and oxygen atoms in total. The molecule has 0 heterocycles. The highest BCUT2D eigenvalue weighted by atomic mass is 31.2. The van der Waals surface area contributed by atoms with E-state index in [2.05, 4.69) is 174 Å². The van der Waals surface area contributed by atoms with Crippen LogP contribution in [0, 0.1) is 0 Å². The van der Waals surface area contributed by atoms with Crippen LogP contribution in [0.2, 0.25) is 0 Å². The topological polar surface area (TPSA) is 237 Å². The Kier molecular flexibility index (Phi) is 75.4. The number of allylic oxidation sites excluding steroid dienone is 27. The number of rotatable bonds is 76. The number of hydrogen-bond acceptors (Lipinski definition) is 15. The molecule has 0 amide bonds. The van der Waals surface area contributed by atoms with E-state index in [1.54, 1.807) is 12.2 Å². The first kappa shape index (κ1) is 102. The molecule has 0 saturated heterocycles. The van der Waals surface area contributed by atoms with Gasteiger partial charge in [-0.25, -0.2) is 9.13 Å². The molecule has 0 aromatic carbocycles. The van der Waals surface area contributed by atoms with Crippen molar-refractivity contribution in [1.82, 2.24) is 0 Å². The Morgan fingerprint density at radius 1 is 0.278 bits per heavy atom. The number of ether oxygens (including phenoxy) is 4. The molecule has 0 aromatic heterocycles. The lowest BCUT2D eigenvalue weighted by Gasteiger charge is -2.21. The summed E-state index contributed by atoms with van der Waals surface area (Å²) in [7, 11) is -10.0. The second kappa shape index (κ2) is 79.5. The van der Waals surface area contributed by atoms with E-state index in [4.69, 9.17) is 37.0 Å². The maximum absolute atomic E-state index is 13.1. The number of hydrogen-bond donors (Lipinski definition) is 3. The zero-order chi connectivity index (χ0) is 78.9.